The van der Waals surface area contributed by atoms with Gasteiger partial charge in [0.15, 0.2) is 15.5 Å². The summed E-state index contributed by atoms with van der Waals surface area (Å²) in [5.74, 6) is 0.601. The summed E-state index contributed by atoms with van der Waals surface area (Å²) in [6, 6.07) is 8.49. The molecule has 0 spiro atoms. The molecule has 3 aromatic heterocycles. The molecular weight excluding hydrogens is 498 g/mol. The van der Waals surface area contributed by atoms with Crippen LogP contribution in [0.3, 0.4) is 0 Å². The predicted molar refractivity (Wildman–Crippen MR) is 137 cm³/mol. The maximum Gasteiger partial charge on any atom is 0.269 e. The molecule has 3 heterocycles. The van der Waals surface area contributed by atoms with Gasteiger partial charge in [0, 0.05) is 11.6 Å². The second kappa shape index (κ2) is 8.37. The molecule has 0 bridgehead atoms. The highest BCUT2D eigenvalue weighted by atomic mass is 32.2. The largest absolute Gasteiger partial charge is 0.269 e. The van der Waals surface area contributed by atoms with E-state index in [4.69, 9.17) is 0 Å². The number of nitrogens with zero attached hydrogens (tertiary/aromatic N) is 5. The summed E-state index contributed by atoms with van der Waals surface area (Å²) in [6.07, 6.45) is 7.13. The molecule has 2 saturated carbocycles. The van der Waals surface area contributed by atoms with Crippen LogP contribution in [0.4, 0.5) is 0 Å². The van der Waals surface area contributed by atoms with Gasteiger partial charge < -0.3 is 0 Å². The van der Waals surface area contributed by atoms with Crippen LogP contribution < -0.4 is 0 Å². The highest BCUT2D eigenvalue weighted by Crippen LogP contribution is 2.45. The molecule has 0 saturated heterocycles. The van der Waals surface area contributed by atoms with Crippen LogP contribution in [0.1, 0.15) is 50.6 Å². The number of hydrogen-bond acceptors (Lipinski definition) is 7. The van der Waals surface area contributed by atoms with Gasteiger partial charge in [-0.3, -0.25) is 0 Å². The van der Waals surface area contributed by atoms with E-state index in [1.807, 2.05) is 11.6 Å². The van der Waals surface area contributed by atoms with Crippen molar-refractivity contribution in [2.24, 2.45) is 11.8 Å². The van der Waals surface area contributed by atoms with E-state index < -0.39 is 19.9 Å². The fourth-order valence-corrected chi connectivity index (χ4v) is 9.08. The first kappa shape index (κ1) is 23.6. The van der Waals surface area contributed by atoms with Gasteiger partial charge >= 0.3 is 0 Å². The molecule has 36 heavy (non-hydrogen) atoms. The summed E-state index contributed by atoms with van der Waals surface area (Å²) in [7, 11) is -6.87. The molecule has 9 nitrogen and oxygen atoms in total. The zero-order chi connectivity index (χ0) is 25.2. The first-order valence-corrected chi connectivity index (χ1v) is 15.6. The van der Waals surface area contributed by atoms with Crippen LogP contribution in [-0.2, 0) is 19.9 Å². The van der Waals surface area contributed by atoms with Crippen molar-refractivity contribution >= 4 is 41.9 Å². The zero-order valence-corrected chi connectivity index (χ0v) is 21.9. The van der Waals surface area contributed by atoms with Crippen LogP contribution in [0.25, 0.3) is 22.1 Å². The maximum absolute atomic E-state index is 13.4. The molecule has 2 aliphatic carbocycles. The van der Waals surface area contributed by atoms with Crippen molar-refractivity contribution in [3.05, 3.63) is 48.3 Å². The SMILES string of the molecule is CC[C@@H]1C[C@H](CS(=O)(=O)C2CC2)C[C@@H]1n1nnc2cnc3c(ccn3S(=O)(=O)c3ccc(C)cc3)c21. The zero-order valence-electron chi connectivity index (χ0n) is 20.3. The van der Waals surface area contributed by atoms with Gasteiger partial charge in [-0.15, -0.1) is 5.10 Å². The number of benzene rings is 1. The summed E-state index contributed by atoms with van der Waals surface area (Å²) in [5.41, 5.74) is 2.64. The number of aryl methyl sites for hydroxylation is 1. The molecule has 1 aromatic carbocycles. The topological polar surface area (TPSA) is 117 Å². The molecule has 4 aromatic rings. The van der Waals surface area contributed by atoms with Crippen molar-refractivity contribution in [3.8, 4) is 0 Å². The number of aromatic nitrogens is 5. The van der Waals surface area contributed by atoms with Gasteiger partial charge in [0.1, 0.15) is 11.0 Å². The fraction of sp³-hybridized carbons (Fsp3) is 0.480. The minimum Gasteiger partial charge on any atom is -0.240 e. The molecule has 0 N–H and O–H groups in total. The van der Waals surface area contributed by atoms with E-state index in [9.17, 15) is 16.8 Å². The van der Waals surface area contributed by atoms with Crippen molar-refractivity contribution in [3.63, 3.8) is 0 Å². The lowest BCUT2D eigenvalue weighted by Gasteiger charge is -2.18. The van der Waals surface area contributed by atoms with E-state index in [0.717, 1.165) is 43.2 Å². The van der Waals surface area contributed by atoms with Crippen LogP contribution in [0, 0.1) is 18.8 Å². The van der Waals surface area contributed by atoms with Crippen molar-refractivity contribution in [2.45, 2.75) is 62.1 Å². The molecule has 0 aliphatic heterocycles. The third kappa shape index (κ3) is 3.83. The molecule has 3 atom stereocenters. The van der Waals surface area contributed by atoms with Gasteiger partial charge in [-0.25, -0.2) is 30.5 Å². The Kier molecular flexibility index (Phi) is 5.49. The smallest absolute Gasteiger partial charge is 0.240 e. The van der Waals surface area contributed by atoms with E-state index in [2.05, 4.69) is 22.2 Å². The summed E-state index contributed by atoms with van der Waals surface area (Å²) < 4.78 is 55.2. The first-order chi connectivity index (χ1) is 17.2. The summed E-state index contributed by atoms with van der Waals surface area (Å²) in [6.45, 7) is 4.03. The summed E-state index contributed by atoms with van der Waals surface area (Å²) >= 11 is 0. The average molecular weight is 528 g/mol. The number of hydrogen-bond donors (Lipinski definition) is 0. The van der Waals surface area contributed by atoms with Gasteiger partial charge in [-0.2, -0.15) is 0 Å². The number of rotatable bonds is 7. The highest BCUT2D eigenvalue weighted by Gasteiger charge is 2.42. The summed E-state index contributed by atoms with van der Waals surface area (Å²) in [4.78, 5) is 4.63. The monoisotopic (exact) mass is 527 g/mol. The van der Waals surface area contributed by atoms with Crippen molar-refractivity contribution in [2.75, 3.05) is 5.75 Å². The van der Waals surface area contributed by atoms with Crippen LogP contribution in [0.15, 0.2) is 47.6 Å². The number of pyridine rings is 1. The van der Waals surface area contributed by atoms with E-state index in [0.29, 0.717) is 16.6 Å². The van der Waals surface area contributed by atoms with E-state index in [1.165, 1.54) is 10.2 Å². The van der Waals surface area contributed by atoms with E-state index in [-0.39, 0.29) is 33.8 Å². The Balaban J connectivity index is 1.40. The van der Waals surface area contributed by atoms with E-state index in [1.54, 1.807) is 36.5 Å². The predicted octanol–water partition coefficient (Wildman–Crippen LogP) is 3.88. The van der Waals surface area contributed by atoms with Crippen molar-refractivity contribution in [1.29, 1.82) is 0 Å². The molecule has 0 unspecified atom stereocenters. The van der Waals surface area contributed by atoms with Gasteiger partial charge in [-0.1, -0.05) is 36.3 Å². The Morgan fingerprint density at radius 3 is 2.47 bits per heavy atom. The van der Waals surface area contributed by atoms with E-state index >= 15 is 0 Å². The molecule has 2 fully saturated rings. The summed E-state index contributed by atoms with van der Waals surface area (Å²) in [5, 5.41) is 9.31. The normalized spacial score (nSPS) is 23.1. The van der Waals surface area contributed by atoms with Crippen LogP contribution in [0.2, 0.25) is 0 Å². The Bertz CT molecular complexity index is 1670. The molecule has 11 heteroatoms. The van der Waals surface area contributed by atoms with Crippen LogP contribution in [0.5, 0.6) is 0 Å². The van der Waals surface area contributed by atoms with Gasteiger partial charge in [0.25, 0.3) is 10.0 Å². The van der Waals surface area contributed by atoms with Crippen molar-refractivity contribution in [1.82, 2.24) is 24.0 Å². The Morgan fingerprint density at radius 1 is 1.03 bits per heavy atom. The second-order valence-electron chi connectivity index (χ2n) is 10.3. The Hall–Kier alpha value is -2.79. The first-order valence-electron chi connectivity index (χ1n) is 12.4. The second-order valence-corrected chi connectivity index (χ2v) is 14.4. The van der Waals surface area contributed by atoms with Gasteiger partial charge in [-0.05, 0) is 62.6 Å². The number of fused-ring (bicyclic) bond motifs is 3. The lowest BCUT2D eigenvalue weighted by Crippen LogP contribution is -2.18. The highest BCUT2D eigenvalue weighted by molar-refractivity contribution is 7.92. The average Bonchev–Trinajstić information content (AvgIpc) is 3.31. The number of sulfone groups is 1. The molecular formula is C25H29N5O4S2. The van der Waals surface area contributed by atoms with Gasteiger partial charge in [0.05, 0.1) is 28.1 Å². The van der Waals surface area contributed by atoms with Gasteiger partial charge in [0.2, 0.25) is 0 Å². The molecule has 2 aliphatic rings. The molecule has 0 radical (unpaired) electrons. The minimum absolute atomic E-state index is 0.00191. The quantitative estimate of drug-likeness (QED) is 0.358. The Morgan fingerprint density at radius 2 is 1.78 bits per heavy atom. The standard InChI is InChI=1S/C25H29N5O4S2/c1-3-18-12-17(15-35(31,32)19-8-9-19)13-23(18)30-24-21-10-11-29(25(21)26-14-22(24)27-28-30)36(33,34)20-6-4-16(2)5-7-20/h4-7,10-11,14,17-19,23H,3,8-9,12-13,15H2,1-2H3/t17-,18+,23-/m0/s1. The lowest BCUT2D eigenvalue weighted by molar-refractivity contribution is 0.346. The van der Waals surface area contributed by atoms with Crippen LogP contribution in [-0.4, -0.2) is 51.8 Å². The molecule has 190 valence electrons. The minimum atomic E-state index is -3.83. The molecule has 0 amide bonds. The third-order valence-corrected chi connectivity index (χ3v) is 11.9. The fourth-order valence-electron chi connectivity index (χ4n) is 5.73. The lowest BCUT2D eigenvalue weighted by atomic mass is 10.0. The molecule has 6 rings (SSSR count). The Labute approximate surface area is 210 Å². The third-order valence-electron chi connectivity index (χ3n) is 7.78. The van der Waals surface area contributed by atoms with Crippen LogP contribution >= 0.6 is 0 Å². The maximum atomic E-state index is 13.4. The van der Waals surface area contributed by atoms with Crippen molar-refractivity contribution < 1.29 is 16.8 Å².